The zero-order chi connectivity index (χ0) is 47.9. The zero-order valence-corrected chi connectivity index (χ0v) is 38.2. The van der Waals surface area contributed by atoms with Gasteiger partial charge in [0.25, 0.3) is 11.8 Å². The number of aromatic nitrogens is 2. The number of sulfonamides is 1. The Morgan fingerprint density at radius 2 is 1.66 bits per heavy atom. The summed E-state index contributed by atoms with van der Waals surface area (Å²) in [6, 6.07) is 1.41. The van der Waals surface area contributed by atoms with Crippen molar-refractivity contribution in [3.05, 3.63) is 53.4 Å². The Balaban J connectivity index is 1.27. The minimum atomic E-state index is -5.08. The number of amides is 3. The second-order valence-electron chi connectivity index (χ2n) is 19.9. The Bertz CT molecular complexity index is 2450. The van der Waals surface area contributed by atoms with E-state index in [4.69, 9.17) is 14.2 Å². The number of nitrogens with one attached hydrogen (secondary N) is 3. The molecule has 2 aromatic rings. The van der Waals surface area contributed by atoms with Crippen LogP contribution in [0.3, 0.4) is 0 Å². The smallest absolute Gasteiger partial charge is 0.438 e. The third-order valence-electron chi connectivity index (χ3n) is 13.0. The number of rotatable bonds is 9. The van der Waals surface area contributed by atoms with Gasteiger partial charge in [0.2, 0.25) is 27.5 Å². The molecule has 3 amide bonds. The molecule has 1 aromatic carbocycles. The number of halogens is 5. The molecule has 15 nitrogen and oxygen atoms in total. The molecule has 2 saturated carbocycles. The molecule has 3 fully saturated rings. The quantitative estimate of drug-likeness (QED) is 0.137. The highest BCUT2D eigenvalue weighted by atomic mass is 32.2. The largest absolute Gasteiger partial charge is 0.471 e. The van der Waals surface area contributed by atoms with Gasteiger partial charge in [-0.2, -0.15) is 13.2 Å². The van der Waals surface area contributed by atoms with Crippen molar-refractivity contribution >= 4 is 44.9 Å². The minimum absolute atomic E-state index is 0.00869. The van der Waals surface area contributed by atoms with E-state index in [1.165, 1.54) is 25.1 Å². The molecule has 356 valence electrons. The van der Waals surface area contributed by atoms with Gasteiger partial charge in [-0.15, -0.1) is 0 Å². The first-order valence-electron chi connectivity index (χ1n) is 21.6. The van der Waals surface area contributed by atoms with Crippen molar-refractivity contribution in [2.24, 2.45) is 17.8 Å². The van der Waals surface area contributed by atoms with Gasteiger partial charge in [0.1, 0.15) is 23.3 Å². The number of fused-ring (bicyclic) bond motifs is 5. The molecule has 0 spiro atoms. The maximum Gasteiger partial charge on any atom is 0.438 e. The number of alkyl carbamates (subject to hydrolysis) is 1. The highest BCUT2D eigenvalue weighted by Crippen LogP contribution is 2.48. The monoisotopic (exact) mass is 938 g/mol. The van der Waals surface area contributed by atoms with Crippen molar-refractivity contribution in [1.29, 1.82) is 0 Å². The van der Waals surface area contributed by atoms with E-state index in [2.05, 4.69) is 25.3 Å². The number of carbonyl (C=O) groups is 4. The third-order valence-corrected chi connectivity index (χ3v) is 15.2. The minimum Gasteiger partial charge on any atom is -0.471 e. The zero-order valence-electron chi connectivity index (χ0n) is 37.4. The highest BCUT2D eigenvalue weighted by Gasteiger charge is 2.63. The van der Waals surface area contributed by atoms with Crippen molar-refractivity contribution < 1.29 is 63.8 Å². The van der Waals surface area contributed by atoms with E-state index in [9.17, 15) is 49.5 Å². The molecule has 3 aliphatic carbocycles. The number of hydrogen-bond acceptors (Lipinski definition) is 12. The molecular weight excluding hydrogens is 884 g/mol. The van der Waals surface area contributed by atoms with Crippen molar-refractivity contribution in [3.63, 3.8) is 0 Å². The lowest BCUT2D eigenvalue weighted by Crippen LogP contribution is -2.58. The molecule has 21 heteroatoms. The number of ether oxygens (including phenoxy) is 3. The van der Waals surface area contributed by atoms with E-state index in [1.807, 2.05) is 19.1 Å². The maximum atomic E-state index is 14.8. The second kappa shape index (κ2) is 16.4. The molecule has 0 radical (unpaired) electrons. The number of allylic oxidation sites excluding steroid dienone is 2. The standard InChI is InChI=1S/C44H55F5N6O9S/c1-23-17-24-11-9-10-12-26-21-43(26,37(58)54-65(60,61)41(7)15-16-41)53-34(56)31-20-27(22-55(31)30(18-24)32(23)52-38(59)64-40(5,6)42(8,45)46)62-35-33(44(47,48)49)50-28-14-13-25(19-29(28)51-35)36(57)63-39(2,3)4/h10,12-14,18-19,23-24,26-27,31-32H,9,11,15-17,20-22H2,1-8H3,(H,52,59)(H,53,56)(H,54,58)/b12-10-/t23-,24-,26-,27-,31+,32+,43-/m1/s1. The Morgan fingerprint density at radius 1 is 0.969 bits per heavy atom. The van der Waals surface area contributed by atoms with Gasteiger partial charge in [-0.05, 0) is 110 Å². The summed E-state index contributed by atoms with van der Waals surface area (Å²) in [4.78, 5) is 64.6. The van der Waals surface area contributed by atoms with E-state index < -0.39 is 109 Å². The number of carbonyl (C=O) groups excluding carboxylic acids is 4. The van der Waals surface area contributed by atoms with Crippen molar-refractivity contribution in [2.45, 2.75) is 152 Å². The Hall–Kier alpha value is -5.08. The van der Waals surface area contributed by atoms with Crippen LogP contribution in [0.4, 0.5) is 26.7 Å². The van der Waals surface area contributed by atoms with Gasteiger partial charge in [0.15, 0.2) is 5.60 Å². The molecule has 2 aliphatic heterocycles. The van der Waals surface area contributed by atoms with Crippen molar-refractivity contribution in [3.8, 4) is 5.88 Å². The number of alkyl halides is 5. The van der Waals surface area contributed by atoms with Gasteiger partial charge in [0.05, 0.1) is 33.9 Å². The number of hydrogen-bond donors (Lipinski definition) is 3. The summed E-state index contributed by atoms with van der Waals surface area (Å²) in [5, 5.41) is 5.50. The second-order valence-corrected chi connectivity index (χ2v) is 22.1. The molecule has 1 saturated heterocycles. The summed E-state index contributed by atoms with van der Waals surface area (Å²) in [6.07, 6.45) is -0.0493. The number of benzene rings is 1. The molecule has 2 bridgehead atoms. The van der Waals surface area contributed by atoms with Gasteiger partial charge in [-0.1, -0.05) is 25.2 Å². The van der Waals surface area contributed by atoms with Crippen LogP contribution in [-0.4, -0.2) is 99.3 Å². The van der Waals surface area contributed by atoms with Gasteiger partial charge >= 0.3 is 18.2 Å². The molecule has 5 aliphatic rings. The van der Waals surface area contributed by atoms with Gasteiger partial charge in [-0.25, -0.2) is 36.8 Å². The van der Waals surface area contributed by atoms with Crippen molar-refractivity contribution in [1.82, 2.24) is 30.2 Å². The van der Waals surface area contributed by atoms with E-state index in [0.717, 1.165) is 13.8 Å². The first-order valence-corrected chi connectivity index (χ1v) is 23.1. The first kappa shape index (κ1) is 47.9. The maximum absolute atomic E-state index is 14.8. The number of esters is 1. The van der Waals surface area contributed by atoms with Crippen molar-refractivity contribution in [2.75, 3.05) is 6.54 Å². The Kier molecular flexibility index (Phi) is 12.0. The summed E-state index contributed by atoms with van der Waals surface area (Å²) in [5.41, 5.74) is -6.29. The van der Waals surface area contributed by atoms with Crippen LogP contribution in [0.5, 0.6) is 5.88 Å². The summed E-state index contributed by atoms with van der Waals surface area (Å²) in [7, 11) is -4.13. The van der Waals surface area contributed by atoms with Crippen LogP contribution < -0.4 is 20.1 Å². The molecule has 1 aromatic heterocycles. The summed E-state index contributed by atoms with van der Waals surface area (Å²) >= 11 is 0. The lowest BCUT2D eigenvalue weighted by molar-refractivity contribution is -0.150. The molecule has 7 atom stereocenters. The Labute approximate surface area is 373 Å². The highest BCUT2D eigenvalue weighted by molar-refractivity contribution is 7.91. The summed E-state index contributed by atoms with van der Waals surface area (Å²) in [6.45, 7) is 10.7. The Morgan fingerprint density at radius 3 is 2.29 bits per heavy atom. The van der Waals surface area contributed by atoms with Gasteiger partial charge in [0, 0.05) is 25.0 Å². The average molecular weight is 939 g/mol. The predicted molar refractivity (Wildman–Crippen MR) is 225 cm³/mol. The summed E-state index contributed by atoms with van der Waals surface area (Å²) < 4.78 is 117. The third kappa shape index (κ3) is 9.89. The van der Waals surface area contributed by atoms with E-state index in [1.54, 1.807) is 31.7 Å². The normalized spacial score (nSPS) is 28.4. The first-order chi connectivity index (χ1) is 29.9. The molecule has 65 heavy (non-hydrogen) atoms. The SMILES string of the molecule is C[C@@H]1C[C@@H]2C=C([C@H]1NC(=O)OC(C)(C)C(C)(F)F)N1C[C@H](Oc3nc4cc(C(=O)OC(C)(C)C)ccc4nc3C(F)(F)F)C[C@H]1C(=O)N[C@]1(C(=O)NS(=O)(=O)C3(C)CC3)C[C@H]1/C=C\CC2. The van der Waals surface area contributed by atoms with E-state index in [-0.39, 0.29) is 41.9 Å². The predicted octanol–water partition coefficient (Wildman–Crippen LogP) is 6.72. The fourth-order valence-corrected chi connectivity index (χ4v) is 9.78. The fraction of sp³-hybridized carbons (Fsp3) is 0.636. The fourth-order valence-electron chi connectivity index (χ4n) is 8.47. The summed E-state index contributed by atoms with van der Waals surface area (Å²) in [5.74, 6) is -8.01. The van der Waals surface area contributed by atoms with Crippen LogP contribution >= 0.6 is 0 Å². The van der Waals surface area contributed by atoms with Crippen LogP contribution in [0.2, 0.25) is 0 Å². The van der Waals surface area contributed by atoms with Crippen LogP contribution in [-0.2, 0) is 35.3 Å². The van der Waals surface area contributed by atoms with E-state index >= 15 is 0 Å². The molecule has 7 rings (SSSR count). The topological polar surface area (TPSA) is 195 Å². The number of nitrogens with zero attached hydrogens (tertiary/aromatic N) is 3. The van der Waals surface area contributed by atoms with Crippen LogP contribution in [0, 0.1) is 17.8 Å². The van der Waals surface area contributed by atoms with Crippen LogP contribution in [0.25, 0.3) is 11.0 Å². The average Bonchev–Trinajstić information content (AvgIpc) is 4.05. The van der Waals surface area contributed by atoms with Crippen LogP contribution in [0.1, 0.15) is 116 Å². The lowest BCUT2D eigenvalue weighted by atomic mass is 9.79. The molecule has 3 N–H and O–H groups in total. The van der Waals surface area contributed by atoms with Gasteiger partial charge in [-0.3, -0.25) is 14.3 Å². The molecule has 0 unspecified atom stereocenters. The van der Waals surface area contributed by atoms with Crippen LogP contribution in [0.15, 0.2) is 42.1 Å². The van der Waals surface area contributed by atoms with Gasteiger partial charge < -0.3 is 29.7 Å². The molecule has 3 heterocycles. The van der Waals surface area contributed by atoms with E-state index in [0.29, 0.717) is 44.7 Å². The lowest BCUT2D eigenvalue weighted by Gasteiger charge is -2.41. The molecular formula is C44H55F5N6O9S.